The third-order valence-electron chi connectivity index (χ3n) is 10.1. The highest BCUT2D eigenvalue weighted by Crippen LogP contribution is 2.36. The highest BCUT2D eigenvalue weighted by atomic mass is 19.1. The van der Waals surface area contributed by atoms with Crippen molar-refractivity contribution in [1.82, 2.24) is 24.3 Å². The van der Waals surface area contributed by atoms with Crippen LogP contribution in [0.5, 0.6) is 11.6 Å². The van der Waals surface area contributed by atoms with Crippen molar-refractivity contribution in [3.8, 4) is 22.8 Å². The first-order valence-electron chi connectivity index (χ1n) is 17.3. The number of carbonyl (C=O) groups excluding carboxylic acids is 2. The Labute approximate surface area is 300 Å². The van der Waals surface area contributed by atoms with Crippen LogP contribution >= 0.6 is 0 Å². The van der Waals surface area contributed by atoms with Crippen molar-refractivity contribution >= 4 is 17.5 Å². The Hall–Kier alpha value is -5.88. The van der Waals surface area contributed by atoms with Crippen molar-refractivity contribution in [3.05, 3.63) is 137 Å². The average molecular weight is 703 g/mol. The molecule has 2 aliphatic heterocycles. The zero-order valence-corrected chi connectivity index (χ0v) is 28.5. The Kier molecular flexibility index (Phi) is 9.82. The maximum atomic E-state index is 14.2. The lowest BCUT2D eigenvalue weighted by Crippen LogP contribution is -2.53. The number of aromatic nitrogens is 3. The molecule has 3 N–H and O–H groups in total. The molecule has 11 nitrogen and oxygen atoms in total. The zero-order valence-electron chi connectivity index (χ0n) is 28.5. The van der Waals surface area contributed by atoms with Crippen LogP contribution < -0.4 is 16.0 Å². The van der Waals surface area contributed by atoms with Crippen molar-refractivity contribution in [3.63, 3.8) is 0 Å². The van der Waals surface area contributed by atoms with Gasteiger partial charge < -0.3 is 25.4 Å². The number of benzene rings is 3. The smallest absolute Gasteiger partial charge is 0.280 e. The Balaban J connectivity index is 1.01. The van der Waals surface area contributed by atoms with Gasteiger partial charge in [0.1, 0.15) is 17.9 Å². The summed E-state index contributed by atoms with van der Waals surface area (Å²) in [6.07, 6.45) is 5.59. The van der Waals surface area contributed by atoms with Crippen LogP contribution in [0.25, 0.3) is 11.1 Å². The lowest BCUT2D eigenvalue weighted by Gasteiger charge is -2.43. The second-order valence-electron chi connectivity index (χ2n) is 13.5. The van der Waals surface area contributed by atoms with Crippen molar-refractivity contribution in [1.29, 1.82) is 0 Å². The van der Waals surface area contributed by atoms with Crippen LogP contribution in [0, 0.1) is 11.7 Å². The summed E-state index contributed by atoms with van der Waals surface area (Å²) in [5.41, 5.74) is 7.29. The van der Waals surface area contributed by atoms with E-state index in [1.807, 2.05) is 71.6 Å². The number of ether oxygens (including phenoxy) is 1. The van der Waals surface area contributed by atoms with Gasteiger partial charge >= 0.3 is 0 Å². The van der Waals surface area contributed by atoms with E-state index in [4.69, 9.17) is 10.5 Å². The number of halogens is 1. The van der Waals surface area contributed by atoms with Gasteiger partial charge in [-0.3, -0.25) is 23.9 Å². The van der Waals surface area contributed by atoms with Gasteiger partial charge in [0.2, 0.25) is 11.8 Å². The summed E-state index contributed by atoms with van der Waals surface area (Å²) in [6.45, 7) is 1.35. The maximum Gasteiger partial charge on any atom is 0.280 e. The predicted molar refractivity (Wildman–Crippen MR) is 193 cm³/mol. The molecule has 0 radical (unpaired) electrons. The molecule has 5 aromatic rings. The van der Waals surface area contributed by atoms with Gasteiger partial charge in [-0.15, -0.1) is 0 Å². The molecule has 2 aliphatic rings. The number of carbonyl (C=O) groups is 2. The number of rotatable bonds is 8. The number of nitrogens with zero attached hydrogens (tertiary/aromatic N) is 5. The molecule has 4 heterocycles. The summed E-state index contributed by atoms with van der Waals surface area (Å²) < 4.78 is 20.1. The van der Waals surface area contributed by atoms with Gasteiger partial charge in [-0.05, 0) is 60.7 Å². The molecule has 12 heteroatoms. The first kappa shape index (κ1) is 34.6. The Morgan fingerprint density at radius 2 is 1.60 bits per heavy atom. The molecule has 0 bridgehead atoms. The van der Waals surface area contributed by atoms with E-state index in [0.717, 1.165) is 16.7 Å². The molecule has 2 aromatic heterocycles. The molecule has 0 unspecified atom stereocenters. The molecule has 2 fully saturated rings. The molecule has 2 saturated heterocycles. The molecule has 2 amide bonds. The minimum absolute atomic E-state index is 0.0129. The van der Waals surface area contributed by atoms with E-state index in [0.29, 0.717) is 38.2 Å². The van der Waals surface area contributed by atoms with E-state index in [-0.39, 0.29) is 60.4 Å². The molecular weight excluding hydrogens is 663 g/mol. The third kappa shape index (κ3) is 7.42. The van der Waals surface area contributed by atoms with Crippen molar-refractivity contribution in [2.45, 2.75) is 37.3 Å². The summed E-state index contributed by atoms with van der Waals surface area (Å²) in [7, 11) is 0. The minimum Gasteiger partial charge on any atom is -0.437 e. The molecule has 7 rings (SSSR count). The van der Waals surface area contributed by atoms with E-state index in [9.17, 15) is 23.9 Å². The van der Waals surface area contributed by atoms with Crippen LogP contribution in [0.15, 0.2) is 115 Å². The molecule has 0 spiro atoms. The Morgan fingerprint density at radius 1 is 0.904 bits per heavy atom. The van der Waals surface area contributed by atoms with Gasteiger partial charge in [-0.1, -0.05) is 60.7 Å². The minimum atomic E-state index is -1.27. The monoisotopic (exact) mass is 702 g/mol. The van der Waals surface area contributed by atoms with Crippen LogP contribution in [-0.4, -0.2) is 73.0 Å². The summed E-state index contributed by atoms with van der Waals surface area (Å²) in [5.74, 6) is -0.990. The second kappa shape index (κ2) is 14.8. The largest absolute Gasteiger partial charge is 0.437 e. The van der Waals surface area contributed by atoms with Crippen LogP contribution in [0.2, 0.25) is 0 Å². The Bertz CT molecular complexity index is 2100. The van der Waals surface area contributed by atoms with Crippen LogP contribution in [-0.2, 0) is 11.3 Å². The number of anilines is 1. The van der Waals surface area contributed by atoms with Crippen LogP contribution in [0.4, 0.5) is 10.1 Å². The normalized spacial score (nSPS) is 18.5. The van der Waals surface area contributed by atoms with Gasteiger partial charge in [0, 0.05) is 56.0 Å². The third-order valence-corrected chi connectivity index (χ3v) is 10.1. The van der Waals surface area contributed by atoms with E-state index in [1.54, 1.807) is 17.3 Å². The van der Waals surface area contributed by atoms with Crippen molar-refractivity contribution in [2.24, 2.45) is 5.92 Å². The summed E-state index contributed by atoms with van der Waals surface area (Å²) >= 11 is 0. The fourth-order valence-corrected chi connectivity index (χ4v) is 7.15. The van der Waals surface area contributed by atoms with Gasteiger partial charge in [0.15, 0.2) is 5.69 Å². The Morgan fingerprint density at radius 3 is 2.31 bits per heavy atom. The summed E-state index contributed by atoms with van der Waals surface area (Å²) in [4.78, 5) is 53.2. The van der Waals surface area contributed by atoms with E-state index >= 15 is 0 Å². The summed E-state index contributed by atoms with van der Waals surface area (Å²) in [5, 5.41) is 11.5. The number of amides is 2. The molecular formula is C40H39FN6O5. The lowest BCUT2D eigenvalue weighted by molar-refractivity contribution is -0.142. The zero-order chi connectivity index (χ0) is 36.2. The molecule has 266 valence electrons. The number of hydrogen-bond donors (Lipinski definition) is 2. The highest BCUT2D eigenvalue weighted by Gasteiger charge is 2.42. The number of aliphatic hydroxyl groups is 1. The number of pyridine rings is 1. The summed E-state index contributed by atoms with van der Waals surface area (Å²) in [6, 6.07) is 26.7. The van der Waals surface area contributed by atoms with E-state index in [1.165, 1.54) is 35.2 Å². The molecule has 52 heavy (non-hydrogen) atoms. The van der Waals surface area contributed by atoms with Gasteiger partial charge in [-0.25, -0.2) is 9.37 Å². The number of piperidine rings is 2. The van der Waals surface area contributed by atoms with Gasteiger partial charge in [-0.2, -0.15) is 0 Å². The molecule has 0 aliphatic carbocycles. The second-order valence-corrected chi connectivity index (χ2v) is 13.5. The van der Waals surface area contributed by atoms with E-state index in [2.05, 4.69) is 9.97 Å². The quantitative estimate of drug-likeness (QED) is 0.227. The highest BCUT2D eigenvalue weighted by molar-refractivity contribution is 5.95. The lowest BCUT2D eigenvalue weighted by atomic mass is 9.79. The first-order valence-corrected chi connectivity index (χ1v) is 17.3. The fraction of sp³-hybridized carbons (Fsp3) is 0.275. The average Bonchev–Trinajstić information content (AvgIpc) is 3.19. The van der Waals surface area contributed by atoms with Crippen molar-refractivity contribution in [2.75, 3.05) is 31.9 Å². The number of nitrogens with two attached hydrogens (primary N) is 1. The topological polar surface area (TPSA) is 144 Å². The van der Waals surface area contributed by atoms with Crippen LogP contribution in [0.3, 0.4) is 0 Å². The fourth-order valence-electron chi connectivity index (χ4n) is 7.15. The number of hydrogen-bond acceptors (Lipinski definition) is 8. The SMILES string of the molecule is Nc1c(Oc2ccc(F)cc2)ncn(CC2(O)CCN(C(=O)[C@@H]3CCN(C(=O)c4cncc(-c5ccccc5)c4)C[C@H]3c3ccccc3)CC2)c1=O. The van der Waals surface area contributed by atoms with Gasteiger partial charge in [0.05, 0.1) is 17.7 Å². The standard InChI is InChI=1S/C40H39FN6O5/c41-31-11-13-32(14-12-31)52-36-35(42)39(50)47(26-44-36)25-40(51)16-19-45(20-17-40)38(49)33-15-18-46(24-34(33)28-9-5-2-6-10-28)37(48)30-21-29(22-43-23-30)27-7-3-1-4-8-27/h1-14,21-23,26,33-34,51H,15-20,24-25,42H2/t33-,34+/m1/s1. The predicted octanol–water partition coefficient (Wildman–Crippen LogP) is 5.12. The van der Waals surface area contributed by atoms with E-state index < -0.39 is 17.0 Å². The molecule has 0 saturated carbocycles. The first-order chi connectivity index (χ1) is 25.2. The maximum absolute atomic E-state index is 14.2. The van der Waals surface area contributed by atoms with Crippen molar-refractivity contribution < 1.29 is 23.8 Å². The number of likely N-dealkylation sites (tertiary alicyclic amines) is 2. The molecule has 2 atom stereocenters. The van der Waals surface area contributed by atoms with Gasteiger partial charge in [0.25, 0.3) is 11.5 Å². The van der Waals surface area contributed by atoms with Crippen LogP contribution in [0.1, 0.15) is 41.1 Å². The number of nitrogen functional groups attached to an aromatic ring is 1. The molecule has 3 aromatic carbocycles.